The minimum atomic E-state index is -0.141. The molecular weight excluding hydrogens is 238 g/mol. The predicted octanol–water partition coefficient (Wildman–Crippen LogP) is 3.02. The van der Waals surface area contributed by atoms with E-state index in [4.69, 9.17) is 0 Å². The van der Waals surface area contributed by atoms with Gasteiger partial charge < -0.3 is 5.32 Å². The van der Waals surface area contributed by atoms with E-state index >= 15 is 0 Å². The van der Waals surface area contributed by atoms with Gasteiger partial charge in [0.15, 0.2) is 5.78 Å². The maximum Gasteiger partial charge on any atom is 0.228 e. The number of rotatable bonds is 4. The van der Waals surface area contributed by atoms with Crippen LogP contribution < -0.4 is 5.32 Å². The molecule has 0 heterocycles. The van der Waals surface area contributed by atoms with Crippen molar-refractivity contribution in [2.24, 2.45) is 0 Å². The molecule has 102 valence electrons. The Balaban J connectivity index is 1.84. The molecule has 2 rings (SSSR count). The zero-order valence-electron chi connectivity index (χ0n) is 11.4. The van der Waals surface area contributed by atoms with E-state index in [2.05, 4.69) is 5.32 Å². The molecular formula is C16H21NO2. The summed E-state index contributed by atoms with van der Waals surface area (Å²) in [6, 6.07) is 7.63. The van der Waals surface area contributed by atoms with Crippen LogP contribution in [0.2, 0.25) is 0 Å². The molecule has 1 fully saturated rings. The fourth-order valence-corrected chi connectivity index (χ4v) is 2.51. The molecule has 3 nitrogen and oxygen atoms in total. The van der Waals surface area contributed by atoms with Gasteiger partial charge in [-0.3, -0.25) is 9.59 Å². The molecule has 19 heavy (non-hydrogen) atoms. The first-order chi connectivity index (χ1) is 9.15. The molecule has 1 saturated carbocycles. The van der Waals surface area contributed by atoms with Gasteiger partial charge in [0.05, 0.1) is 6.42 Å². The number of carbonyl (C=O) groups excluding carboxylic acids is 2. The van der Waals surface area contributed by atoms with Gasteiger partial charge in [0.2, 0.25) is 5.91 Å². The molecule has 3 heteroatoms. The normalized spacial score (nSPS) is 16.1. The second-order valence-electron chi connectivity index (χ2n) is 5.37. The van der Waals surface area contributed by atoms with Crippen LogP contribution in [-0.2, 0) is 4.79 Å². The second kappa shape index (κ2) is 6.50. The molecule has 0 unspecified atom stereocenters. The van der Waals surface area contributed by atoms with Crippen molar-refractivity contribution < 1.29 is 9.59 Å². The molecule has 1 aromatic carbocycles. The Morgan fingerprint density at radius 1 is 1.11 bits per heavy atom. The molecule has 0 aliphatic heterocycles. The van der Waals surface area contributed by atoms with Gasteiger partial charge in [-0.1, -0.05) is 49.1 Å². The number of amides is 1. The number of benzene rings is 1. The zero-order valence-corrected chi connectivity index (χ0v) is 11.4. The van der Waals surface area contributed by atoms with Crippen LogP contribution in [0.3, 0.4) is 0 Å². The van der Waals surface area contributed by atoms with Gasteiger partial charge in [-0.15, -0.1) is 0 Å². The molecule has 1 amide bonds. The first-order valence-electron chi connectivity index (χ1n) is 7.04. The lowest BCUT2D eigenvalue weighted by molar-refractivity contribution is -0.121. The number of hydrogen-bond acceptors (Lipinski definition) is 2. The maximum absolute atomic E-state index is 11.9. The highest BCUT2D eigenvalue weighted by Crippen LogP contribution is 2.17. The lowest BCUT2D eigenvalue weighted by Gasteiger charge is -2.22. The summed E-state index contributed by atoms with van der Waals surface area (Å²) in [5.74, 6) is -0.245. The maximum atomic E-state index is 11.9. The molecule has 1 aliphatic carbocycles. The van der Waals surface area contributed by atoms with E-state index < -0.39 is 0 Å². The SMILES string of the molecule is Cc1ccc(C(=O)CC(=O)NC2CCCCC2)cc1. The van der Waals surface area contributed by atoms with Gasteiger partial charge in [0, 0.05) is 11.6 Å². The highest BCUT2D eigenvalue weighted by molar-refractivity contribution is 6.07. The Hall–Kier alpha value is -1.64. The number of nitrogens with one attached hydrogen (secondary N) is 1. The average molecular weight is 259 g/mol. The topological polar surface area (TPSA) is 46.2 Å². The van der Waals surface area contributed by atoms with Crippen LogP contribution in [0.5, 0.6) is 0 Å². The summed E-state index contributed by atoms with van der Waals surface area (Å²) in [4.78, 5) is 23.8. The van der Waals surface area contributed by atoms with Crippen molar-refractivity contribution in [1.82, 2.24) is 5.32 Å². The number of hydrogen-bond donors (Lipinski definition) is 1. The third kappa shape index (κ3) is 4.19. The van der Waals surface area contributed by atoms with E-state index in [1.165, 1.54) is 19.3 Å². The van der Waals surface area contributed by atoms with Crippen LogP contribution in [0, 0.1) is 6.92 Å². The monoisotopic (exact) mass is 259 g/mol. The smallest absolute Gasteiger partial charge is 0.228 e. The third-order valence-corrected chi connectivity index (χ3v) is 3.66. The molecule has 0 aromatic heterocycles. The van der Waals surface area contributed by atoms with Crippen LogP contribution in [0.4, 0.5) is 0 Å². The Bertz CT molecular complexity index is 444. The van der Waals surface area contributed by atoms with Crippen LogP contribution in [-0.4, -0.2) is 17.7 Å². The van der Waals surface area contributed by atoms with Gasteiger partial charge in [-0.2, -0.15) is 0 Å². The number of carbonyl (C=O) groups is 2. The minimum Gasteiger partial charge on any atom is -0.353 e. The quantitative estimate of drug-likeness (QED) is 0.667. The first kappa shape index (κ1) is 13.8. The third-order valence-electron chi connectivity index (χ3n) is 3.66. The van der Waals surface area contributed by atoms with Crippen molar-refractivity contribution in [3.05, 3.63) is 35.4 Å². The van der Waals surface area contributed by atoms with Crippen LogP contribution in [0.25, 0.3) is 0 Å². The molecule has 0 bridgehead atoms. The van der Waals surface area contributed by atoms with Crippen molar-refractivity contribution in [3.63, 3.8) is 0 Å². The van der Waals surface area contributed by atoms with Crippen LogP contribution in [0.15, 0.2) is 24.3 Å². The van der Waals surface area contributed by atoms with Gasteiger partial charge >= 0.3 is 0 Å². The Morgan fingerprint density at radius 2 is 1.74 bits per heavy atom. The fraction of sp³-hybridized carbons (Fsp3) is 0.500. The van der Waals surface area contributed by atoms with Crippen LogP contribution in [0.1, 0.15) is 54.4 Å². The van der Waals surface area contributed by atoms with Crippen molar-refractivity contribution in [2.75, 3.05) is 0 Å². The van der Waals surface area contributed by atoms with Crippen molar-refractivity contribution in [1.29, 1.82) is 0 Å². The number of aryl methyl sites for hydroxylation is 1. The van der Waals surface area contributed by atoms with Crippen molar-refractivity contribution >= 4 is 11.7 Å². The summed E-state index contributed by atoms with van der Waals surface area (Å²) in [6.45, 7) is 1.98. The molecule has 1 aliphatic rings. The average Bonchev–Trinajstić information content (AvgIpc) is 2.40. The van der Waals surface area contributed by atoms with E-state index in [0.29, 0.717) is 5.56 Å². The fourth-order valence-electron chi connectivity index (χ4n) is 2.51. The lowest BCUT2D eigenvalue weighted by Crippen LogP contribution is -2.37. The van der Waals surface area contributed by atoms with Gasteiger partial charge in [-0.05, 0) is 19.8 Å². The molecule has 0 saturated heterocycles. The first-order valence-corrected chi connectivity index (χ1v) is 7.04. The van der Waals surface area contributed by atoms with E-state index in [1.807, 2.05) is 19.1 Å². The van der Waals surface area contributed by atoms with Crippen molar-refractivity contribution in [3.8, 4) is 0 Å². The van der Waals surface area contributed by atoms with Crippen LogP contribution >= 0.6 is 0 Å². The molecule has 0 spiro atoms. The highest BCUT2D eigenvalue weighted by Gasteiger charge is 2.18. The van der Waals surface area contributed by atoms with Gasteiger partial charge in [0.25, 0.3) is 0 Å². The summed E-state index contributed by atoms with van der Waals surface area (Å²) in [6.07, 6.45) is 5.66. The van der Waals surface area contributed by atoms with Gasteiger partial charge in [-0.25, -0.2) is 0 Å². The molecule has 1 aromatic rings. The second-order valence-corrected chi connectivity index (χ2v) is 5.37. The van der Waals surface area contributed by atoms with Gasteiger partial charge in [0.1, 0.15) is 0 Å². The zero-order chi connectivity index (χ0) is 13.7. The summed E-state index contributed by atoms with van der Waals surface area (Å²) in [5.41, 5.74) is 1.73. The standard InChI is InChI=1S/C16H21NO2/c1-12-7-9-13(10-8-12)15(18)11-16(19)17-14-5-3-2-4-6-14/h7-10,14H,2-6,11H2,1H3,(H,17,19). The number of Topliss-reactive ketones (excluding diaryl/α,β-unsaturated/α-hetero) is 1. The largest absolute Gasteiger partial charge is 0.353 e. The van der Waals surface area contributed by atoms with E-state index in [1.54, 1.807) is 12.1 Å². The van der Waals surface area contributed by atoms with E-state index in [9.17, 15) is 9.59 Å². The summed E-state index contributed by atoms with van der Waals surface area (Å²) in [5, 5.41) is 2.97. The Labute approximate surface area is 114 Å². The summed E-state index contributed by atoms with van der Waals surface area (Å²) >= 11 is 0. The summed E-state index contributed by atoms with van der Waals surface area (Å²) < 4.78 is 0. The minimum absolute atomic E-state index is 0.0421. The number of ketones is 1. The highest BCUT2D eigenvalue weighted by atomic mass is 16.2. The Morgan fingerprint density at radius 3 is 2.37 bits per heavy atom. The Kier molecular flexibility index (Phi) is 4.72. The van der Waals surface area contributed by atoms with E-state index in [0.717, 1.165) is 18.4 Å². The predicted molar refractivity (Wildman–Crippen MR) is 75.1 cm³/mol. The van der Waals surface area contributed by atoms with E-state index in [-0.39, 0.29) is 24.2 Å². The molecule has 0 radical (unpaired) electrons. The summed E-state index contributed by atoms with van der Waals surface area (Å²) in [7, 11) is 0. The molecule has 0 atom stereocenters. The molecule has 1 N–H and O–H groups in total. The lowest BCUT2D eigenvalue weighted by atomic mass is 9.95. The van der Waals surface area contributed by atoms with Crippen molar-refractivity contribution in [2.45, 2.75) is 51.5 Å².